The number of hydrogen-bond acceptors (Lipinski definition) is 7. The highest BCUT2D eigenvalue weighted by atomic mass is 16.3. The summed E-state index contributed by atoms with van der Waals surface area (Å²) in [5.41, 5.74) is 6.24. The Morgan fingerprint density at radius 3 is 2.29 bits per heavy atom. The predicted molar refractivity (Wildman–Crippen MR) is 120 cm³/mol. The van der Waals surface area contributed by atoms with E-state index in [1.807, 2.05) is 36.4 Å². The fourth-order valence-corrected chi connectivity index (χ4v) is 3.06. The number of nitrogens with one attached hydrogen (secondary N) is 1. The molecule has 0 saturated carbocycles. The summed E-state index contributed by atoms with van der Waals surface area (Å²) in [6, 6.07) is 21.4. The number of aromatic nitrogens is 2. The lowest BCUT2D eigenvalue weighted by molar-refractivity contribution is 0.442. The van der Waals surface area contributed by atoms with Crippen LogP contribution in [0.5, 0.6) is 17.2 Å². The first-order valence-electron chi connectivity index (χ1n) is 9.56. The molecular formula is C24H20N4O3. The van der Waals surface area contributed by atoms with Gasteiger partial charge in [0.15, 0.2) is 0 Å². The van der Waals surface area contributed by atoms with E-state index in [1.165, 1.54) is 12.3 Å². The normalized spacial score (nSPS) is 11.0. The molecule has 154 valence electrons. The molecule has 7 nitrogen and oxygen atoms in total. The van der Waals surface area contributed by atoms with Gasteiger partial charge in [0.2, 0.25) is 5.95 Å². The van der Waals surface area contributed by atoms with Crippen molar-refractivity contribution >= 4 is 12.2 Å². The zero-order chi connectivity index (χ0) is 21.8. The van der Waals surface area contributed by atoms with Crippen LogP contribution < -0.4 is 5.43 Å². The van der Waals surface area contributed by atoms with Gasteiger partial charge in [-0.1, -0.05) is 42.5 Å². The summed E-state index contributed by atoms with van der Waals surface area (Å²) in [6.07, 6.45) is 1.42. The van der Waals surface area contributed by atoms with Gasteiger partial charge in [-0.15, -0.1) is 0 Å². The van der Waals surface area contributed by atoms with Crippen LogP contribution in [0.2, 0.25) is 0 Å². The van der Waals surface area contributed by atoms with Gasteiger partial charge in [0, 0.05) is 22.3 Å². The average molecular weight is 412 g/mol. The van der Waals surface area contributed by atoms with Crippen molar-refractivity contribution in [3.05, 3.63) is 83.9 Å². The van der Waals surface area contributed by atoms with Gasteiger partial charge in [0.1, 0.15) is 17.2 Å². The Kier molecular flexibility index (Phi) is 5.49. The number of nitrogens with zero attached hydrogens (tertiary/aromatic N) is 3. The summed E-state index contributed by atoms with van der Waals surface area (Å²) >= 11 is 0. The molecule has 0 spiro atoms. The van der Waals surface area contributed by atoms with E-state index in [0.717, 1.165) is 5.56 Å². The Labute approximate surface area is 179 Å². The Hall–Kier alpha value is -4.39. The minimum atomic E-state index is -0.0561. The molecule has 4 aromatic rings. The van der Waals surface area contributed by atoms with Crippen molar-refractivity contribution in [1.82, 2.24) is 9.97 Å². The van der Waals surface area contributed by atoms with Crippen LogP contribution in [-0.4, -0.2) is 31.5 Å². The number of aromatic hydroxyl groups is 3. The van der Waals surface area contributed by atoms with Crippen molar-refractivity contribution < 1.29 is 15.3 Å². The first-order chi connectivity index (χ1) is 15.0. The van der Waals surface area contributed by atoms with Gasteiger partial charge in [-0.05, 0) is 37.3 Å². The van der Waals surface area contributed by atoms with E-state index in [0.29, 0.717) is 28.1 Å². The van der Waals surface area contributed by atoms with Gasteiger partial charge in [-0.25, -0.2) is 15.4 Å². The quantitative estimate of drug-likeness (QED) is 0.280. The Morgan fingerprint density at radius 1 is 0.806 bits per heavy atom. The second kappa shape index (κ2) is 8.54. The van der Waals surface area contributed by atoms with Crippen molar-refractivity contribution in [2.24, 2.45) is 5.10 Å². The van der Waals surface area contributed by atoms with E-state index in [9.17, 15) is 15.3 Å². The Bertz CT molecular complexity index is 1260. The first-order valence-corrected chi connectivity index (χ1v) is 9.56. The topological polar surface area (TPSA) is 111 Å². The molecule has 4 rings (SSSR count). The highest BCUT2D eigenvalue weighted by Gasteiger charge is 2.11. The fourth-order valence-electron chi connectivity index (χ4n) is 3.06. The first kappa shape index (κ1) is 19.9. The molecule has 0 fully saturated rings. The molecule has 0 aliphatic heterocycles. The summed E-state index contributed by atoms with van der Waals surface area (Å²) in [4.78, 5) is 9.00. The standard InChI is InChI=1S/C24H20N4O3/c1-15-21(29)12-11-17(23(15)31)14-25-28-24-26-19(16-7-3-2-4-8-16)13-20(27-24)18-9-5-6-10-22(18)30/h2-14,29-31H,1H3,(H,26,27,28)/b25-14-. The molecule has 1 aromatic heterocycles. The number of hydrazone groups is 1. The highest BCUT2D eigenvalue weighted by molar-refractivity contribution is 5.85. The lowest BCUT2D eigenvalue weighted by Crippen LogP contribution is -2.00. The number of phenolic OH excluding ortho intramolecular Hbond substituents is 3. The summed E-state index contributed by atoms with van der Waals surface area (Å²) < 4.78 is 0. The van der Waals surface area contributed by atoms with Crippen molar-refractivity contribution in [2.75, 3.05) is 5.43 Å². The molecule has 0 bridgehead atoms. The van der Waals surface area contributed by atoms with E-state index in [2.05, 4.69) is 20.5 Å². The lowest BCUT2D eigenvalue weighted by Gasteiger charge is -2.09. The Morgan fingerprint density at radius 2 is 1.52 bits per heavy atom. The monoisotopic (exact) mass is 412 g/mol. The molecule has 7 heteroatoms. The third-order valence-corrected chi connectivity index (χ3v) is 4.78. The summed E-state index contributed by atoms with van der Waals surface area (Å²) in [7, 11) is 0. The third-order valence-electron chi connectivity index (χ3n) is 4.78. The zero-order valence-corrected chi connectivity index (χ0v) is 16.7. The molecule has 1 heterocycles. The highest BCUT2D eigenvalue weighted by Crippen LogP contribution is 2.31. The van der Waals surface area contributed by atoms with Crippen molar-refractivity contribution in [3.63, 3.8) is 0 Å². The van der Waals surface area contributed by atoms with Gasteiger partial charge in [-0.3, -0.25) is 0 Å². The molecule has 0 radical (unpaired) electrons. The van der Waals surface area contributed by atoms with Crippen LogP contribution in [-0.2, 0) is 0 Å². The molecule has 0 aliphatic rings. The molecule has 4 N–H and O–H groups in total. The number of hydrogen-bond donors (Lipinski definition) is 4. The molecule has 0 unspecified atom stereocenters. The molecule has 0 amide bonds. The van der Waals surface area contributed by atoms with Gasteiger partial charge in [-0.2, -0.15) is 5.10 Å². The maximum atomic E-state index is 10.3. The molecule has 0 aliphatic carbocycles. The minimum Gasteiger partial charge on any atom is -0.508 e. The van der Waals surface area contributed by atoms with Crippen LogP contribution in [0.4, 0.5) is 5.95 Å². The maximum Gasteiger partial charge on any atom is 0.244 e. The van der Waals surface area contributed by atoms with Crippen molar-refractivity contribution in [3.8, 4) is 39.8 Å². The fraction of sp³-hybridized carbons (Fsp3) is 0.0417. The number of benzene rings is 3. The number of para-hydroxylation sites is 1. The van der Waals surface area contributed by atoms with Crippen LogP contribution in [0.1, 0.15) is 11.1 Å². The van der Waals surface area contributed by atoms with Gasteiger partial charge in [0.25, 0.3) is 0 Å². The van der Waals surface area contributed by atoms with Crippen LogP contribution in [0.3, 0.4) is 0 Å². The number of anilines is 1. The molecule has 3 aromatic carbocycles. The predicted octanol–water partition coefficient (Wildman–Crippen LogP) is 4.68. The summed E-state index contributed by atoms with van der Waals surface area (Å²) in [6.45, 7) is 1.61. The summed E-state index contributed by atoms with van der Waals surface area (Å²) in [5.74, 6) is 0.290. The molecular weight excluding hydrogens is 392 g/mol. The largest absolute Gasteiger partial charge is 0.508 e. The molecule has 31 heavy (non-hydrogen) atoms. The third kappa shape index (κ3) is 4.30. The van der Waals surface area contributed by atoms with Gasteiger partial charge >= 0.3 is 0 Å². The van der Waals surface area contributed by atoms with E-state index >= 15 is 0 Å². The van der Waals surface area contributed by atoms with Crippen LogP contribution >= 0.6 is 0 Å². The SMILES string of the molecule is Cc1c(O)ccc(/C=N\Nc2nc(-c3ccccc3)cc(-c3ccccc3O)n2)c1O. The van der Waals surface area contributed by atoms with Crippen molar-refractivity contribution in [2.45, 2.75) is 6.92 Å². The number of phenols is 3. The van der Waals surface area contributed by atoms with E-state index < -0.39 is 0 Å². The average Bonchev–Trinajstić information content (AvgIpc) is 2.80. The van der Waals surface area contributed by atoms with Crippen LogP contribution in [0, 0.1) is 6.92 Å². The molecule has 0 saturated heterocycles. The smallest absolute Gasteiger partial charge is 0.244 e. The van der Waals surface area contributed by atoms with E-state index in [-0.39, 0.29) is 23.2 Å². The maximum absolute atomic E-state index is 10.3. The zero-order valence-electron chi connectivity index (χ0n) is 16.7. The van der Waals surface area contributed by atoms with Crippen LogP contribution in [0.15, 0.2) is 77.9 Å². The van der Waals surface area contributed by atoms with Gasteiger partial charge in [0.05, 0.1) is 17.6 Å². The second-order valence-electron chi connectivity index (χ2n) is 6.86. The number of rotatable bonds is 5. The second-order valence-corrected chi connectivity index (χ2v) is 6.86. The van der Waals surface area contributed by atoms with Gasteiger partial charge < -0.3 is 15.3 Å². The minimum absolute atomic E-state index is 0.00816. The van der Waals surface area contributed by atoms with Crippen molar-refractivity contribution in [1.29, 1.82) is 0 Å². The Balaban J connectivity index is 1.71. The van der Waals surface area contributed by atoms with Crippen LogP contribution in [0.25, 0.3) is 22.5 Å². The summed E-state index contributed by atoms with van der Waals surface area (Å²) in [5, 5.41) is 34.2. The van der Waals surface area contributed by atoms with E-state index in [1.54, 1.807) is 37.3 Å². The lowest BCUT2D eigenvalue weighted by atomic mass is 10.1. The molecule has 0 atom stereocenters. The van der Waals surface area contributed by atoms with E-state index in [4.69, 9.17) is 0 Å².